The van der Waals surface area contributed by atoms with Crippen molar-refractivity contribution in [1.82, 2.24) is 10.2 Å². The van der Waals surface area contributed by atoms with Crippen LogP contribution in [-0.2, 0) is 19.3 Å². The maximum atomic E-state index is 12.8. The van der Waals surface area contributed by atoms with Crippen LogP contribution in [0.4, 0.5) is 10.5 Å². The summed E-state index contributed by atoms with van der Waals surface area (Å²) in [7, 11) is -2.18. The molecule has 2 amide bonds. The van der Waals surface area contributed by atoms with Gasteiger partial charge in [-0.1, -0.05) is 0 Å². The van der Waals surface area contributed by atoms with Crippen molar-refractivity contribution in [3.63, 3.8) is 0 Å². The predicted molar refractivity (Wildman–Crippen MR) is 97.8 cm³/mol. The molecule has 2 fully saturated rings. The number of methoxy groups -OCH3 is 1. The van der Waals surface area contributed by atoms with E-state index in [2.05, 4.69) is 5.32 Å². The van der Waals surface area contributed by atoms with Gasteiger partial charge in [0.2, 0.25) is 0 Å². The number of ether oxygens (including phenoxy) is 2. The maximum absolute atomic E-state index is 12.8. The minimum Gasteiger partial charge on any atom is -0.447 e. The first-order valence-corrected chi connectivity index (χ1v) is 10.5. The third kappa shape index (κ3) is 4.07. The van der Waals surface area contributed by atoms with Gasteiger partial charge in [0.05, 0.1) is 23.1 Å². The van der Waals surface area contributed by atoms with Gasteiger partial charge in [-0.05, 0) is 18.2 Å². The highest BCUT2D eigenvalue weighted by Gasteiger charge is 2.35. The van der Waals surface area contributed by atoms with Gasteiger partial charge in [-0.25, -0.2) is 13.2 Å². The number of anilines is 1. The average molecular weight is 397 g/mol. The molecule has 0 spiro atoms. The lowest BCUT2D eigenvalue weighted by molar-refractivity contribution is 0.0732. The van der Waals surface area contributed by atoms with Crippen LogP contribution in [0.2, 0.25) is 0 Å². The molecule has 2 heterocycles. The summed E-state index contributed by atoms with van der Waals surface area (Å²) < 4.78 is 34.9. The van der Waals surface area contributed by atoms with Gasteiger partial charge >= 0.3 is 6.09 Å². The Kier molecular flexibility index (Phi) is 5.68. The topological polar surface area (TPSA) is 105 Å². The molecule has 1 aromatic rings. The van der Waals surface area contributed by atoms with Crippen molar-refractivity contribution < 1.29 is 27.5 Å². The number of piperazine rings is 1. The Labute approximate surface area is 158 Å². The molecule has 0 aliphatic carbocycles. The van der Waals surface area contributed by atoms with E-state index in [1.54, 1.807) is 11.0 Å². The fourth-order valence-electron chi connectivity index (χ4n) is 3.27. The van der Waals surface area contributed by atoms with E-state index in [4.69, 9.17) is 9.47 Å². The normalized spacial score (nSPS) is 20.7. The van der Waals surface area contributed by atoms with Gasteiger partial charge in [0.15, 0.2) is 9.84 Å². The second kappa shape index (κ2) is 7.83. The molecule has 1 atom stereocenters. The van der Waals surface area contributed by atoms with E-state index >= 15 is 0 Å². The van der Waals surface area contributed by atoms with E-state index < -0.39 is 15.9 Å². The third-order valence-electron chi connectivity index (χ3n) is 4.60. The van der Waals surface area contributed by atoms with E-state index in [0.717, 1.165) is 6.26 Å². The third-order valence-corrected chi connectivity index (χ3v) is 5.73. The molecule has 0 radical (unpaired) electrons. The first kappa shape index (κ1) is 19.6. The van der Waals surface area contributed by atoms with Crippen LogP contribution in [-0.4, -0.2) is 84.1 Å². The molecule has 1 N–H and O–H groups in total. The van der Waals surface area contributed by atoms with Gasteiger partial charge < -0.3 is 19.7 Å². The largest absolute Gasteiger partial charge is 0.447 e. The molecule has 10 heteroatoms. The van der Waals surface area contributed by atoms with Crippen LogP contribution in [0.1, 0.15) is 10.4 Å². The smallest absolute Gasteiger partial charge is 0.414 e. The Morgan fingerprint density at radius 2 is 2.04 bits per heavy atom. The number of sulfone groups is 1. The number of amides is 2. The molecule has 3 rings (SSSR count). The lowest BCUT2D eigenvalue weighted by atomic mass is 10.1. The zero-order chi connectivity index (χ0) is 19.6. The van der Waals surface area contributed by atoms with Gasteiger partial charge in [0, 0.05) is 45.2 Å². The number of rotatable bonds is 5. The number of cyclic esters (lactones) is 1. The summed E-state index contributed by atoms with van der Waals surface area (Å²) in [5, 5.41) is 3.15. The van der Waals surface area contributed by atoms with Crippen LogP contribution in [0.25, 0.3) is 0 Å². The minimum absolute atomic E-state index is 0.0978. The molecular formula is C17H23N3O6S. The first-order chi connectivity index (χ1) is 12.8. The second-order valence-corrected chi connectivity index (χ2v) is 8.54. The zero-order valence-electron chi connectivity index (χ0n) is 15.3. The molecule has 0 saturated carbocycles. The number of benzene rings is 1. The summed E-state index contributed by atoms with van der Waals surface area (Å²) in [5.74, 6) is -0.332. The summed E-state index contributed by atoms with van der Waals surface area (Å²) in [4.78, 5) is 27.8. The summed E-state index contributed by atoms with van der Waals surface area (Å²) in [5.41, 5.74) is 0.468. The maximum Gasteiger partial charge on any atom is 0.414 e. The van der Waals surface area contributed by atoms with Crippen LogP contribution in [0.3, 0.4) is 0 Å². The lowest BCUT2D eigenvalue weighted by Crippen LogP contribution is -2.46. The molecule has 0 bridgehead atoms. The molecular weight excluding hydrogens is 374 g/mol. The summed E-state index contributed by atoms with van der Waals surface area (Å²) in [6.07, 6.45) is 0.480. The van der Waals surface area contributed by atoms with Crippen LogP contribution in [0.15, 0.2) is 23.1 Å². The molecule has 2 aliphatic heterocycles. The number of hydrogen-bond donors (Lipinski definition) is 1. The van der Waals surface area contributed by atoms with Crippen molar-refractivity contribution in [2.24, 2.45) is 0 Å². The SMILES string of the molecule is COC[C@@H]1COC(=O)N1c1ccc(C(=O)N2CCNCC2)c(S(C)(=O)=O)c1. The predicted octanol–water partition coefficient (Wildman–Crippen LogP) is 0.107. The Morgan fingerprint density at radius 1 is 1.33 bits per heavy atom. The molecule has 0 aromatic heterocycles. The summed E-state index contributed by atoms with van der Waals surface area (Å²) >= 11 is 0. The van der Waals surface area contributed by atoms with Crippen molar-refractivity contribution in [2.45, 2.75) is 10.9 Å². The fourth-order valence-corrected chi connectivity index (χ4v) is 4.16. The Hall–Kier alpha value is -2.17. The van der Waals surface area contributed by atoms with E-state index in [1.165, 1.54) is 24.1 Å². The molecule has 9 nitrogen and oxygen atoms in total. The summed E-state index contributed by atoms with van der Waals surface area (Å²) in [6.45, 7) is 2.76. The van der Waals surface area contributed by atoms with Gasteiger partial charge in [-0.2, -0.15) is 0 Å². The lowest BCUT2D eigenvalue weighted by Gasteiger charge is -2.28. The highest BCUT2D eigenvalue weighted by atomic mass is 32.2. The Balaban J connectivity index is 2.00. The van der Waals surface area contributed by atoms with Crippen molar-refractivity contribution in [3.8, 4) is 0 Å². The minimum atomic E-state index is -3.69. The average Bonchev–Trinajstić information content (AvgIpc) is 3.01. The Morgan fingerprint density at radius 3 is 2.67 bits per heavy atom. The van der Waals surface area contributed by atoms with Gasteiger partial charge in [0.25, 0.3) is 5.91 Å². The quantitative estimate of drug-likeness (QED) is 0.752. The summed E-state index contributed by atoms with van der Waals surface area (Å²) in [6, 6.07) is 4.04. The van der Waals surface area contributed by atoms with Gasteiger partial charge in [-0.15, -0.1) is 0 Å². The molecule has 148 valence electrons. The highest BCUT2D eigenvalue weighted by Crippen LogP contribution is 2.29. The van der Waals surface area contributed by atoms with Crippen molar-refractivity contribution in [1.29, 1.82) is 0 Å². The molecule has 2 saturated heterocycles. The monoisotopic (exact) mass is 397 g/mol. The number of carbonyl (C=O) groups excluding carboxylic acids is 2. The highest BCUT2D eigenvalue weighted by molar-refractivity contribution is 7.90. The number of nitrogens with zero attached hydrogens (tertiary/aromatic N) is 2. The number of carbonyl (C=O) groups is 2. The van der Waals surface area contributed by atoms with E-state index in [-0.39, 0.29) is 35.6 Å². The van der Waals surface area contributed by atoms with Crippen molar-refractivity contribution in [3.05, 3.63) is 23.8 Å². The van der Waals surface area contributed by atoms with Gasteiger partial charge in [0.1, 0.15) is 6.61 Å². The van der Waals surface area contributed by atoms with Crippen molar-refractivity contribution >= 4 is 27.5 Å². The number of nitrogens with one attached hydrogen (secondary N) is 1. The van der Waals surface area contributed by atoms with Crippen LogP contribution in [0, 0.1) is 0 Å². The van der Waals surface area contributed by atoms with Crippen LogP contribution < -0.4 is 10.2 Å². The van der Waals surface area contributed by atoms with E-state index in [1.807, 2.05) is 0 Å². The Bertz CT molecular complexity index is 835. The van der Waals surface area contributed by atoms with Crippen molar-refractivity contribution in [2.75, 3.05) is 57.7 Å². The first-order valence-electron chi connectivity index (χ1n) is 8.62. The number of hydrogen-bond acceptors (Lipinski definition) is 7. The molecule has 27 heavy (non-hydrogen) atoms. The van der Waals surface area contributed by atoms with E-state index in [0.29, 0.717) is 31.9 Å². The zero-order valence-corrected chi connectivity index (χ0v) is 16.1. The van der Waals surface area contributed by atoms with Crippen LogP contribution in [0.5, 0.6) is 0 Å². The van der Waals surface area contributed by atoms with Gasteiger partial charge in [-0.3, -0.25) is 9.69 Å². The molecule has 0 unspecified atom stereocenters. The van der Waals surface area contributed by atoms with E-state index in [9.17, 15) is 18.0 Å². The fraction of sp³-hybridized carbons (Fsp3) is 0.529. The second-order valence-electron chi connectivity index (χ2n) is 6.55. The standard InChI is InChI=1S/C17H23N3O6S/c1-25-10-13-11-26-17(22)20(13)12-3-4-14(15(9-12)27(2,23)24)16(21)19-7-5-18-6-8-19/h3-4,9,13,18H,5-8,10-11H2,1-2H3/t13-/m1/s1. The van der Waals surface area contributed by atoms with Crippen LogP contribution >= 0.6 is 0 Å². The molecule has 2 aliphatic rings. The molecule has 1 aromatic carbocycles.